The smallest absolute Gasteiger partial charge is 0.241 e. The van der Waals surface area contributed by atoms with Crippen LogP contribution in [0.4, 0.5) is 10.1 Å². The summed E-state index contributed by atoms with van der Waals surface area (Å²) < 4.78 is 18.7. The molecule has 1 aromatic heterocycles. The van der Waals surface area contributed by atoms with Crippen molar-refractivity contribution in [3.05, 3.63) is 66.3 Å². The Bertz CT molecular complexity index is 944. The summed E-state index contributed by atoms with van der Waals surface area (Å²) in [6.45, 7) is 1.97. The largest absolute Gasteiger partial charge is 0.338 e. The molecular formula is C21H21FN4O2. The minimum absolute atomic E-state index is 0.0918. The molecule has 4 rings (SSSR count). The van der Waals surface area contributed by atoms with E-state index in [4.69, 9.17) is 4.52 Å². The van der Waals surface area contributed by atoms with E-state index < -0.39 is 0 Å². The molecule has 7 heteroatoms. The Hall–Kier alpha value is -3.06. The lowest BCUT2D eigenvalue weighted by molar-refractivity contribution is -0.121. The van der Waals surface area contributed by atoms with E-state index in [2.05, 4.69) is 20.4 Å². The number of hydrogen-bond acceptors (Lipinski definition) is 5. The van der Waals surface area contributed by atoms with Crippen LogP contribution in [0.2, 0.25) is 0 Å². The number of amides is 1. The molecule has 1 atom stereocenters. The lowest BCUT2D eigenvalue weighted by Gasteiger charge is -2.30. The van der Waals surface area contributed by atoms with Gasteiger partial charge in [0.2, 0.25) is 17.6 Å². The average Bonchev–Trinajstić information content (AvgIpc) is 3.17. The fraction of sp³-hybridized carbons (Fsp3) is 0.286. The van der Waals surface area contributed by atoms with Crippen LogP contribution in [-0.2, 0) is 11.3 Å². The molecule has 0 spiro atoms. The molecule has 1 fully saturated rings. The zero-order valence-electron chi connectivity index (χ0n) is 15.3. The normalized spacial score (nSPS) is 17.4. The highest BCUT2D eigenvalue weighted by Gasteiger charge is 2.27. The number of aromatic nitrogens is 2. The molecule has 1 N–H and O–H groups in total. The minimum Gasteiger partial charge on any atom is -0.338 e. The van der Waals surface area contributed by atoms with Crippen molar-refractivity contribution in [2.24, 2.45) is 5.92 Å². The molecule has 144 valence electrons. The molecule has 1 aliphatic heterocycles. The Morgan fingerprint density at radius 1 is 1.21 bits per heavy atom. The van der Waals surface area contributed by atoms with Crippen LogP contribution >= 0.6 is 0 Å². The van der Waals surface area contributed by atoms with Crippen molar-refractivity contribution in [1.82, 2.24) is 15.0 Å². The number of carbonyl (C=O) groups is 1. The Labute approximate surface area is 162 Å². The number of nitrogens with zero attached hydrogens (tertiary/aromatic N) is 3. The predicted octanol–water partition coefficient (Wildman–Crippen LogP) is 3.73. The van der Waals surface area contributed by atoms with E-state index >= 15 is 0 Å². The topological polar surface area (TPSA) is 71.3 Å². The fourth-order valence-electron chi connectivity index (χ4n) is 3.44. The van der Waals surface area contributed by atoms with E-state index in [9.17, 15) is 9.18 Å². The molecule has 1 amide bonds. The monoisotopic (exact) mass is 380 g/mol. The van der Waals surface area contributed by atoms with Gasteiger partial charge >= 0.3 is 0 Å². The van der Waals surface area contributed by atoms with E-state index in [-0.39, 0.29) is 17.6 Å². The maximum Gasteiger partial charge on any atom is 0.241 e. The SMILES string of the molecule is O=C(Nc1cccc(F)c1)C1CCCN(Cc2nc(-c3ccccc3)no2)C1. The van der Waals surface area contributed by atoms with Crippen LogP contribution < -0.4 is 5.32 Å². The second-order valence-electron chi connectivity index (χ2n) is 6.95. The average molecular weight is 380 g/mol. The van der Waals surface area contributed by atoms with Crippen molar-refractivity contribution in [2.75, 3.05) is 18.4 Å². The first kappa shape index (κ1) is 18.3. The van der Waals surface area contributed by atoms with Gasteiger partial charge in [-0.05, 0) is 37.6 Å². The van der Waals surface area contributed by atoms with Crippen LogP contribution in [0, 0.1) is 11.7 Å². The Balaban J connectivity index is 1.36. The van der Waals surface area contributed by atoms with Gasteiger partial charge in [0.05, 0.1) is 12.5 Å². The lowest BCUT2D eigenvalue weighted by atomic mass is 9.97. The number of nitrogens with one attached hydrogen (secondary N) is 1. The third kappa shape index (κ3) is 4.43. The van der Waals surface area contributed by atoms with Gasteiger partial charge in [-0.2, -0.15) is 4.98 Å². The van der Waals surface area contributed by atoms with Gasteiger partial charge in [-0.15, -0.1) is 0 Å². The summed E-state index contributed by atoms with van der Waals surface area (Å²) in [4.78, 5) is 19.2. The molecule has 2 aromatic carbocycles. The van der Waals surface area contributed by atoms with Gasteiger partial charge in [0, 0.05) is 17.8 Å². The first-order chi connectivity index (χ1) is 13.7. The lowest BCUT2D eigenvalue weighted by Crippen LogP contribution is -2.40. The highest BCUT2D eigenvalue weighted by Crippen LogP contribution is 2.21. The molecule has 2 heterocycles. The number of halogens is 1. The van der Waals surface area contributed by atoms with Crippen LogP contribution in [0.1, 0.15) is 18.7 Å². The number of hydrogen-bond donors (Lipinski definition) is 1. The van der Waals surface area contributed by atoms with Gasteiger partial charge < -0.3 is 9.84 Å². The molecule has 3 aromatic rings. The predicted molar refractivity (Wildman–Crippen MR) is 103 cm³/mol. The molecule has 0 bridgehead atoms. The van der Waals surface area contributed by atoms with Crippen LogP contribution in [0.25, 0.3) is 11.4 Å². The minimum atomic E-state index is -0.367. The Morgan fingerprint density at radius 2 is 2.07 bits per heavy atom. The molecule has 1 unspecified atom stereocenters. The van der Waals surface area contributed by atoms with Crippen LogP contribution in [0.3, 0.4) is 0 Å². The first-order valence-electron chi connectivity index (χ1n) is 9.34. The third-order valence-electron chi connectivity index (χ3n) is 4.83. The number of piperidine rings is 1. The van der Waals surface area contributed by atoms with Gasteiger partial charge in [-0.3, -0.25) is 9.69 Å². The van der Waals surface area contributed by atoms with Gasteiger partial charge in [-0.25, -0.2) is 4.39 Å². The van der Waals surface area contributed by atoms with E-state index in [1.54, 1.807) is 12.1 Å². The zero-order valence-corrected chi connectivity index (χ0v) is 15.3. The fourth-order valence-corrected chi connectivity index (χ4v) is 3.44. The zero-order chi connectivity index (χ0) is 19.3. The van der Waals surface area contributed by atoms with Crippen molar-refractivity contribution < 1.29 is 13.7 Å². The quantitative estimate of drug-likeness (QED) is 0.730. The summed E-state index contributed by atoms with van der Waals surface area (Å²) in [5.74, 6) is 0.478. The highest BCUT2D eigenvalue weighted by atomic mass is 19.1. The summed E-state index contributed by atoms with van der Waals surface area (Å²) in [6.07, 6.45) is 1.71. The molecule has 0 aliphatic carbocycles. The Kier molecular flexibility index (Phi) is 5.43. The van der Waals surface area contributed by atoms with Crippen LogP contribution in [0.15, 0.2) is 59.1 Å². The van der Waals surface area contributed by atoms with E-state index in [0.29, 0.717) is 30.5 Å². The molecule has 0 radical (unpaired) electrons. The third-order valence-corrected chi connectivity index (χ3v) is 4.83. The maximum atomic E-state index is 13.3. The van der Waals surface area contributed by atoms with Gasteiger partial charge in [-0.1, -0.05) is 41.6 Å². The highest BCUT2D eigenvalue weighted by molar-refractivity contribution is 5.92. The molecule has 1 aliphatic rings. The summed E-state index contributed by atoms with van der Waals surface area (Å²) in [6, 6.07) is 15.6. The summed E-state index contributed by atoms with van der Waals surface area (Å²) in [5, 5.41) is 6.85. The van der Waals surface area contributed by atoms with Crippen LogP contribution in [0.5, 0.6) is 0 Å². The van der Waals surface area contributed by atoms with Crippen LogP contribution in [-0.4, -0.2) is 34.0 Å². The number of benzene rings is 2. The Morgan fingerprint density at radius 3 is 2.89 bits per heavy atom. The van der Waals surface area contributed by atoms with Crippen molar-refractivity contribution in [3.8, 4) is 11.4 Å². The standard InChI is InChI=1S/C21H21FN4O2/c22-17-9-4-10-18(12-17)23-21(27)16-8-5-11-26(13-16)14-19-24-20(25-28-19)15-6-2-1-3-7-15/h1-4,6-7,9-10,12,16H,5,8,11,13-14H2,(H,23,27). The van der Waals surface area contributed by atoms with Crippen molar-refractivity contribution >= 4 is 11.6 Å². The number of carbonyl (C=O) groups excluding carboxylic acids is 1. The van der Waals surface area contributed by atoms with Crippen molar-refractivity contribution in [3.63, 3.8) is 0 Å². The molecular weight excluding hydrogens is 359 g/mol. The van der Waals surface area contributed by atoms with E-state index in [0.717, 1.165) is 24.9 Å². The van der Waals surface area contributed by atoms with Gasteiger partial charge in [0.1, 0.15) is 5.82 Å². The molecule has 28 heavy (non-hydrogen) atoms. The van der Waals surface area contributed by atoms with E-state index in [1.165, 1.54) is 12.1 Å². The number of likely N-dealkylation sites (tertiary alicyclic amines) is 1. The number of rotatable bonds is 5. The van der Waals surface area contributed by atoms with Gasteiger partial charge in [0.15, 0.2) is 0 Å². The molecule has 6 nitrogen and oxygen atoms in total. The first-order valence-corrected chi connectivity index (χ1v) is 9.34. The summed E-state index contributed by atoms with van der Waals surface area (Å²) in [7, 11) is 0. The number of anilines is 1. The second-order valence-corrected chi connectivity index (χ2v) is 6.95. The summed E-state index contributed by atoms with van der Waals surface area (Å²) in [5.41, 5.74) is 1.38. The van der Waals surface area contributed by atoms with Gasteiger partial charge in [0.25, 0.3) is 0 Å². The summed E-state index contributed by atoms with van der Waals surface area (Å²) >= 11 is 0. The second kappa shape index (κ2) is 8.31. The van der Waals surface area contributed by atoms with E-state index in [1.807, 2.05) is 30.3 Å². The maximum absolute atomic E-state index is 13.3. The van der Waals surface area contributed by atoms with Crippen molar-refractivity contribution in [2.45, 2.75) is 19.4 Å². The van der Waals surface area contributed by atoms with Crippen molar-refractivity contribution in [1.29, 1.82) is 0 Å². The molecule has 0 saturated carbocycles. The molecule has 1 saturated heterocycles.